The molecule has 1 saturated carbocycles. The first-order chi connectivity index (χ1) is 9.88. The lowest BCUT2D eigenvalue weighted by atomic mass is 9.88. The number of aliphatic hydroxyl groups excluding tert-OH is 1. The Labute approximate surface area is 125 Å². The molecule has 0 unspecified atom stereocenters. The van der Waals surface area contributed by atoms with Gasteiger partial charge in [-0.2, -0.15) is 0 Å². The summed E-state index contributed by atoms with van der Waals surface area (Å²) in [6.45, 7) is 1.78. The average Bonchev–Trinajstić information content (AvgIpc) is 2.47. The lowest BCUT2D eigenvalue weighted by Crippen LogP contribution is -2.32. The van der Waals surface area contributed by atoms with Crippen molar-refractivity contribution in [2.24, 2.45) is 5.92 Å². The van der Waals surface area contributed by atoms with E-state index in [0.29, 0.717) is 12.1 Å². The number of hydrogen-bond acceptors (Lipinski definition) is 4. The molecular weight excluding hydrogens is 290 g/mol. The number of carbonyl (C=O) groups excluding carboxylic acids is 1. The molecule has 0 aliphatic heterocycles. The first-order valence-corrected chi connectivity index (χ1v) is 8.65. The minimum Gasteiger partial charge on any atom is -0.393 e. The van der Waals surface area contributed by atoms with Crippen LogP contribution in [0.4, 0.5) is 0 Å². The smallest absolute Gasteiger partial charge is 0.240 e. The average molecular weight is 311 g/mol. The maximum Gasteiger partial charge on any atom is 0.240 e. The predicted octanol–water partition coefficient (Wildman–Crippen LogP) is 1.72. The third-order valence-electron chi connectivity index (χ3n) is 3.93. The van der Waals surface area contributed by atoms with Gasteiger partial charge in [0.15, 0.2) is 5.78 Å². The van der Waals surface area contributed by atoms with Crippen LogP contribution in [0.25, 0.3) is 0 Å². The van der Waals surface area contributed by atoms with E-state index in [9.17, 15) is 18.3 Å². The summed E-state index contributed by atoms with van der Waals surface area (Å²) in [4.78, 5) is 11.4. The molecule has 0 saturated heterocycles. The van der Waals surface area contributed by atoms with Crippen LogP contribution in [-0.4, -0.2) is 32.0 Å². The molecule has 1 aliphatic rings. The highest BCUT2D eigenvalue weighted by molar-refractivity contribution is 7.89. The second-order valence-corrected chi connectivity index (χ2v) is 7.38. The number of sulfonamides is 1. The van der Waals surface area contributed by atoms with Crippen molar-refractivity contribution < 1.29 is 18.3 Å². The fraction of sp³-hybridized carbons (Fsp3) is 0.533. The minimum absolute atomic E-state index is 0.117. The van der Waals surface area contributed by atoms with Crippen LogP contribution in [-0.2, 0) is 10.0 Å². The zero-order valence-corrected chi connectivity index (χ0v) is 12.9. The Bertz CT molecular complexity index is 604. The van der Waals surface area contributed by atoms with Gasteiger partial charge < -0.3 is 5.11 Å². The molecule has 5 nitrogen and oxygen atoms in total. The Kier molecular flexibility index (Phi) is 5.13. The molecule has 0 atom stereocenters. The van der Waals surface area contributed by atoms with Gasteiger partial charge in [-0.05, 0) is 50.7 Å². The third kappa shape index (κ3) is 4.36. The highest BCUT2D eigenvalue weighted by Gasteiger charge is 2.22. The van der Waals surface area contributed by atoms with Crippen molar-refractivity contribution in [3.63, 3.8) is 0 Å². The molecule has 0 heterocycles. The normalized spacial score (nSPS) is 23.0. The first kappa shape index (κ1) is 16.1. The van der Waals surface area contributed by atoms with Crippen LogP contribution in [0.5, 0.6) is 0 Å². The molecule has 1 fully saturated rings. The minimum atomic E-state index is -3.59. The van der Waals surface area contributed by atoms with Gasteiger partial charge >= 0.3 is 0 Å². The Morgan fingerprint density at radius 3 is 2.57 bits per heavy atom. The lowest BCUT2D eigenvalue weighted by Gasteiger charge is -2.25. The summed E-state index contributed by atoms with van der Waals surface area (Å²) < 4.78 is 27.1. The number of hydrogen-bond donors (Lipinski definition) is 2. The van der Waals surface area contributed by atoms with Crippen molar-refractivity contribution in [2.75, 3.05) is 6.54 Å². The predicted molar refractivity (Wildman–Crippen MR) is 79.6 cm³/mol. The van der Waals surface area contributed by atoms with Gasteiger partial charge in [-0.15, -0.1) is 0 Å². The second kappa shape index (κ2) is 6.68. The monoisotopic (exact) mass is 311 g/mol. The number of carbonyl (C=O) groups is 1. The van der Waals surface area contributed by atoms with Crippen LogP contribution >= 0.6 is 0 Å². The van der Waals surface area contributed by atoms with Crippen LogP contribution in [0.15, 0.2) is 29.2 Å². The van der Waals surface area contributed by atoms with Crippen LogP contribution in [0.3, 0.4) is 0 Å². The van der Waals surface area contributed by atoms with Gasteiger partial charge in [0.1, 0.15) is 0 Å². The topological polar surface area (TPSA) is 83.5 Å². The van der Waals surface area contributed by atoms with Gasteiger partial charge in [0.25, 0.3) is 0 Å². The highest BCUT2D eigenvalue weighted by Crippen LogP contribution is 2.24. The number of aliphatic hydroxyl groups is 1. The molecule has 0 radical (unpaired) electrons. The van der Waals surface area contributed by atoms with E-state index in [-0.39, 0.29) is 22.7 Å². The van der Waals surface area contributed by atoms with E-state index in [1.54, 1.807) is 12.1 Å². The van der Waals surface area contributed by atoms with E-state index in [1.165, 1.54) is 19.1 Å². The third-order valence-corrected chi connectivity index (χ3v) is 5.35. The molecule has 1 aliphatic carbocycles. The molecule has 2 N–H and O–H groups in total. The SMILES string of the molecule is CC(=O)c1cccc(S(=O)(=O)NCC2CCC(O)CC2)c1. The molecule has 1 aromatic rings. The summed E-state index contributed by atoms with van der Waals surface area (Å²) in [5, 5.41) is 9.44. The molecular formula is C15H21NO4S. The number of ketones is 1. The zero-order valence-electron chi connectivity index (χ0n) is 12.1. The van der Waals surface area contributed by atoms with Crippen molar-refractivity contribution in [3.8, 4) is 0 Å². The van der Waals surface area contributed by atoms with E-state index in [2.05, 4.69) is 4.72 Å². The maximum atomic E-state index is 12.2. The summed E-state index contributed by atoms with van der Waals surface area (Å²) in [5.41, 5.74) is 0.388. The van der Waals surface area contributed by atoms with Crippen molar-refractivity contribution in [1.29, 1.82) is 0 Å². The van der Waals surface area contributed by atoms with Crippen LogP contribution in [0.1, 0.15) is 43.0 Å². The Hall–Kier alpha value is -1.24. The van der Waals surface area contributed by atoms with Crippen molar-refractivity contribution >= 4 is 15.8 Å². The first-order valence-electron chi connectivity index (χ1n) is 7.17. The van der Waals surface area contributed by atoms with Gasteiger partial charge in [0.2, 0.25) is 10.0 Å². The van der Waals surface area contributed by atoms with Gasteiger partial charge in [0, 0.05) is 12.1 Å². The quantitative estimate of drug-likeness (QED) is 0.811. The van der Waals surface area contributed by atoms with Crippen molar-refractivity contribution in [3.05, 3.63) is 29.8 Å². The van der Waals surface area contributed by atoms with Crippen molar-refractivity contribution in [1.82, 2.24) is 4.72 Å². The largest absolute Gasteiger partial charge is 0.393 e. The molecule has 0 aromatic heterocycles. The molecule has 0 bridgehead atoms. The molecule has 1 aromatic carbocycles. The van der Waals surface area contributed by atoms with E-state index < -0.39 is 10.0 Å². The molecule has 0 amide bonds. The Morgan fingerprint density at radius 2 is 1.95 bits per heavy atom. The maximum absolute atomic E-state index is 12.2. The molecule has 2 rings (SSSR count). The van der Waals surface area contributed by atoms with E-state index >= 15 is 0 Å². The van der Waals surface area contributed by atoms with E-state index in [0.717, 1.165) is 25.7 Å². The fourth-order valence-corrected chi connectivity index (χ4v) is 3.70. The highest BCUT2D eigenvalue weighted by atomic mass is 32.2. The Balaban J connectivity index is 2.01. The molecule has 21 heavy (non-hydrogen) atoms. The van der Waals surface area contributed by atoms with Gasteiger partial charge in [-0.25, -0.2) is 13.1 Å². The molecule has 6 heteroatoms. The summed E-state index contributed by atoms with van der Waals surface area (Å²) in [6.07, 6.45) is 2.87. The fourth-order valence-electron chi connectivity index (χ4n) is 2.54. The summed E-state index contributed by atoms with van der Waals surface area (Å²) in [6, 6.07) is 6.06. The molecule has 116 valence electrons. The summed E-state index contributed by atoms with van der Waals surface area (Å²) in [7, 11) is -3.59. The van der Waals surface area contributed by atoms with Crippen molar-refractivity contribution in [2.45, 2.75) is 43.6 Å². The van der Waals surface area contributed by atoms with E-state index in [4.69, 9.17) is 0 Å². The van der Waals surface area contributed by atoms with Gasteiger partial charge in [-0.3, -0.25) is 4.79 Å². The number of benzene rings is 1. The number of Topliss-reactive ketones (excluding diaryl/α,β-unsaturated/α-hetero) is 1. The number of rotatable bonds is 5. The van der Waals surface area contributed by atoms with Crippen LogP contribution < -0.4 is 4.72 Å². The standard InChI is InChI=1S/C15H21NO4S/c1-11(17)13-3-2-4-15(9-13)21(19,20)16-10-12-5-7-14(18)8-6-12/h2-4,9,12,14,16,18H,5-8,10H2,1H3. The second-order valence-electron chi connectivity index (χ2n) is 5.61. The molecule has 0 spiro atoms. The van der Waals surface area contributed by atoms with Gasteiger partial charge in [0.05, 0.1) is 11.0 Å². The summed E-state index contributed by atoms with van der Waals surface area (Å²) in [5.74, 6) is 0.104. The lowest BCUT2D eigenvalue weighted by molar-refractivity contribution is 0.101. The van der Waals surface area contributed by atoms with Gasteiger partial charge in [-0.1, -0.05) is 12.1 Å². The zero-order chi connectivity index (χ0) is 15.5. The van der Waals surface area contributed by atoms with Crippen LogP contribution in [0.2, 0.25) is 0 Å². The van der Waals surface area contributed by atoms with Crippen LogP contribution in [0, 0.1) is 5.92 Å². The number of nitrogens with one attached hydrogen (secondary N) is 1. The van der Waals surface area contributed by atoms with E-state index in [1.807, 2.05) is 0 Å². The Morgan fingerprint density at radius 1 is 1.29 bits per heavy atom. The summed E-state index contributed by atoms with van der Waals surface area (Å²) >= 11 is 0.